The monoisotopic (exact) mass is 269 g/mol. The van der Waals surface area contributed by atoms with Gasteiger partial charge in [0.15, 0.2) is 0 Å². The lowest BCUT2D eigenvalue weighted by molar-refractivity contribution is -0.121. The predicted molar refractivity (Wildman–Crippen MR) is 75.8 cm³/mol. The van der Waals surface area contributed by atoms with Gasteiger partial charge in [-0.2, -0.15) is 0 Å². The molecule has 0 aliphatic heterocycles. The number of aliphatic hydroxyl groups excluding tert-OH is 1. The molecule has 1 heterocycles. The van der Waals surface area contributed by atoms with Crippen LogP contribution in [0.5, 0.6) is 0 Å². The van der Waals surface area contributed by atoms with E-state index >= 15 is 0 Å². The molecule has 0 saturated heterocycles. The van der Waals surface area contributed by atoms with Gasteiger partial charge in [0.05, 0.1) is 0 Å². The fraction of sp³-hybridized carbons (Fsp3) is 0.643. The molecule has 0 radical (unpaired) electrons. The Labute approximate surface area is 113 Å². The highest BCUT2D eigenvalue weighted by molar-refractivity contribution is 7.09. The Balaban J connectivity index is 2.14. The lowest BCUT2D eigenvalue weighted by Crippen LogP contribution is -2.34. The summed E-state index contributed by atoms with van der Waals surface area (Å²) in [6.45, 7) is 4.90. The summed E-state index contributed by atoms with van der Waals surface area (Å²) in [7, 11) is 0. The van der Waals surface area contributed by atoms with Crippen molar-refractivity contribution in [3.05, 3.63) is 22.4 Å². The second kappa shape index (κ2) is 7.54. The van der Waals surface area contributed by atoms with Crippen LogP contribution in [0, 0.1) is 5.41 Å². The number of aryl methyl sites for hydroxylation is 1. The van der Waals surface area contributed by atoms with Crippen LogP contribution in [-0.4, -0.2) is 24.2 Å². The van der Waals surface area contributed by atoms with E-state index in [-0.39, 0.29) is 17.9 Å². The van der Waals surface area contributed by atoms with Crippen LogP contribution in [0.2, 0.25) is 0 Å². The van der Waals surface area contributed by atoms with E-state index in [4.69, 9.17) is 5.11 Å². The highest BCUT2D eigenvalue weighted by atomic mass is 32.1. The number of amides is 1. The van der Waals surface area contributed by atoms with Gasteiger partial charge in [-0.05, 0) is 36.1 Å². The van der Waals surface area contributed by atoms with Gasteiger partial charge in [-0.25, -0.2) is 0 Å². The third kappa shape index (κ3) is 6.17. The maximum Gasteiger partial charge on any atom is 0.220 e. The molecule has 0 unspecified atom stereocenters. The summed E-state index contributed by atoms with van der Waals surface area (Å²) < 4.78 is 0. The van der Waals surface area contributed by atoms with Crippen LogP contribution in [0.1, 0.15) is 38.0 Å². The molecule has 3 nitrogen and oxygen atoms in total. The lowest BCUT2D eigenvalue weighted by atomic mass is 9.90. The second-order valence-electron chi connectivity index (χ2n) is 5.35. The Bertz CT molecular complexity index is 347. The average molecular weight is 269 g/mol. The van der Waals surface area contributed by atoms with E-state index < -0.39 is 0 Å². The van der Waals surface area contributed by atoms with Gasteiger partial charge < -0.3 is 10.4 Å². The Morgan fingerprint density at radius 3 is 2.89 bits per heavy atom. The van der Waals surface area contributed by atoms with E-state index in [1.54, 1.807) is 11.3 Å². The van der Waals surface area contributed by atoms with E-state index in [0.717, 1.165) is 12.8 Å². The summed E-state index contributed by atoms with van der Waals surface area (Å²) in [6.07, 6.45) is 3.16. The zero-order valence-electron chi connectivity index (χ0n) is 11.2. The van der Waals surface area contributed by atoms with Gasteiger partial charge in [0, 0.05) is 24.4 Å². The Morgan fingerprint density at radius 1 is 1.50 bits per heavy atom. The minimum atomic E-state index is -0.0296. The van der Waals surface area contributed by atoms with E-state index in [2.05, 4.69) is 30.6 Å². The third-order valence-corrected chi connectivity index (χ3v) is 3.90. The number of carbonyl (C=O) groups excluding carboxylic acids is 1. The van der Waals surface area contributed by atoms with Crippen molar-refractivity contribution in [2.45, 2.75) is 39.5 Å². The number of aliphatic hydroxyl groups is 1. The molecule has 1 amide bonds. The Kier molecular flexibility index (Phi) is 6.36. The van der Waals surface area contributed by atoms with Crippen molar-refractivity contribution in [2.75, 3.05) is 13.2 Å². The number of carbonyl (C=O) groups is 1. The highest BCUT2D eigenvalue weighted by Gasteiger charge is 2.17. The number of hydrogen-bond acceptors (Lipinski definition) is 3. The summed E-state index contributed by atoms with van der Waals surface area (Å²) in [4.78, 5) is 13.0. The summed E-state index contributed by atoms with van der Waals surface area (Å²) in [6, 6.07) is 4.14. The van der Waals surface area contributed by atoms with Crippen molar-refractivity contribution >= 4 is 17.2 Å². The standard InChI is InChI=1S/C14H23NO2S/c1-14(2,8-9-16)11-15-13(17)7-3-5-12-6-4-10-18-12/h4,6,10,16H,3,5,7-9,11H2,1-2H3,(H,15,17). The molecule has 1 aromatic rings. The first-order valence-corrected chi connectivity index (χ1v) is 7.31. The van der Waals surface area contributed by atoms with Crippen LogP contribution in [0.15, 0.2) is 17.5 Å². The largest absolute Gasteiger partial charge is 0.396 e. The zero-order chi connectivity index (χ0) is 13.4. The predicted octanol–water partition coefficient (Wildman–Crippen LogP) is 2.60. The first-order chi connectivity index (χ1) is 8.53. The molecular formula is C14H23NO2S. The minimum absolute atomic E-state index is 0.0296. The molecule has 0 atom stereocenters. The fourth-order valence-electron chi connectivity index (χ4n) is 1.70. The molecule has 1 rings (SSSR count). The smallest absolute Gasteiger partial charge is 0.220 e. The van der Waals surface area contributed by atoms with Gasteiger partial charge in [-0.1, -0.05) is 19.9 Å². The average Bonchev–Trinajstić information content (AvgIpc) is 2.79. The molecule has 18 heavy (non-hydrogen) atoms. The maximum atomic E-state index is 11.7. The molecule has 0 aromatic carbocycles. The fourth-order valence-corrected chi connectivity index (χ4v) is 2.45. The van der Waals surface area contributed by atoms with Crippen LogP contribution < -0.4 is 5.32 Å². The zero-order valence-corrected chi connectivity index (χ0v) is 12.1. The van der Waals surface area contributed by atoms with Crippen LogP contribution in [-0.2, 0) is 11.2 Å². The van der Waals surface area contributed by atoms with Crippen molar-refractivity contribution in [3.8, 4) is 0 Å². The molecule has 0 aliphatic rings. The summed E-state index contributed by atoms with van der Waals surface area (Å²) in [5.74, 6) is 0.109. The first-order valence-electron chi connectivity index (χ1n) is 6.43. The molecule has 0 aliphatic carbocycles. The third-order valence-electron chi connectivity index (χ3n) is 2.96. The van der Waals surface area contributed by atoms with Crippen molar-refractivity contribution in [2.24, 2.45) is 5.41 Å². The molecule has 4 heteroatoms. The summed E-state index contributed by atoms with van der Waals surface area (Å²) >= 11 is 1.74. The van der Waals surface area contributed by atoms with Gasteiger partial charge >= 0.3 is 0 Å². The van der Waals surface area contributed by atoms with Crippen LogP contribution in [0.3, 0.4) is 0 Å². The molecule has 0 bridgehead atoms. The van der Waals surface area contributed by atoms with Crippen molar-refractivity contribution in [1.82, 2.24) is 5.32 Å². The van der Waals surface area contributed by atoms with E-state index in [1.165, 1.54) is 4.88 Å². The quantitative estimate of drug-likeness (QED) is 0.762. The van der Waals surface area contributed by atoms with Crippen molar-refractivity contribution < 1.29 is 9.90 Å². The SMILES string of the molecule is CC(C)(CCO)CNC(=O)CCCc1cccs1. The van der Waals surface area contributed by atoms with Crippen molar-refractivity contribution in [1.29, 1.82) is 0 Å². The molecule has 0 saturated carbocycles. The number of hydrogen-bond donors (Lipinski definition) is 2. The molecule has 1 aromatic heterocycles. The Hall–Kier alpha value is -0.870. The van der Waals surface area contributed by atoms with Gasteiger partial charge in [0.2, 0.25) is 5.91 Å². The molecule has 0 fully saturated rings. The van der Waals surface area contributed by atoms with E-state index in [1.807, 2.05) is 6.07 Å². The van der Waals surface area contributed by atoms with Gasteiger partial charge in [0.25, 0.3) is 0 Å². The van der Waals surface area contributed by atoms with Gasteiger partial charge in [-0.15, -0.1) is 11.3 Å². The number of rotatable bonds is 8. The molecular weight excluding hydrogens is 246 g/mol. The Morgan fingerprint density at radius 2 is 2.28 bits per heavy atom. The molecule has 102 valence electrons. The van der Waals surface area contributed by atoms with Crippen molar-refractivity contribution in [3.63, 3.8) is 0 Å². The normalized spacial score (nSPS) is 11.5. The molecule has 2 N–H and O–H groups in total. The topological polar surface area (TPSA) is 49.3 Å². The lowest BCUT2D eigenvalue weighted by Gasteiger charge is -2.23. The second-order valence-corrected chi connectivity index (χ2v) is 6.38. The van der Waals surface area contributed by atoms with Crippen LogP contribution in [0.25, 0.3) is 0 Å². The number of nitrogens with one attached hydrogen (secondary N) is 1. The summed E-state index contributed by atoms with van der Waals surface area (Å²) in [5.41, 5.74) is -0.0296. The first kappa shape index (κ1) is 15.2. The number of thiophene rings is 1. The summed E-state index contributed by atoms with van der Waals surface area (Å²) in [5, 5.41) is 13.9. The van der Waals surface area contributed by atoms with E-state index in [0.29, 0.717) is 19.4 Å². The highest BCUT2D eigenvalue weighted by Crippen LogP contribution is 2.18. The van der Waals surface area contributed by atoms with E-state index in [9.17, 15) is 4.79 Å². The van der Waals surface area contributed by atoms with Crippen LogP contribution in [0.4, 0.5) is 0 Å². The van der Waals surface area contributed by atoms with Crippen LogP contribution >= 0.6 is 11.3 Å². The molecule has 0 spiro atoms. The minimum Gasteiger partial charge on any atom is -0.396 e. The van der Waals surface area contributed by atoms with Gasteiger partial charge in [0.1, 0.15) is 0 Å². The maximum absolute atomic E-state index is 11.7. The van der Waals surface area contributed by atoms with Gasteiger partial charge in [-0.3, -0.25) is 4.79 Å².